The smallest absolute Gasteiger partial charge is 0.274 e. The normalized spacial score (nSPS) is 10.5. The molecule has 0 fully saturated rings. The molecule has 0 radical (unpaired) electrons. The second-order valence-corrected chi connectivity index (χ2v) is 5.85. The van der Waals surface area contributed by atoms with E-state index >= 15 is 0 Å². The number of hydrogen-bond donors (Lipinski definition) is 1. The molecule has 0 saturated heterocycles. The molecule has 0 saturated carbocycles. The number of aromatic nitrogens is 2. The number of nitrogens with zero attached hydrogens (tertiary/aromatic N) is 3. The number of primary amides is 1. The van der Waals surface area contributed by atoms with Crippen molar-refractivity contribution in [2.45, 2.75) is 6.54 Å². The number of carbonyl (C=O) groups excluding carboxylic acids is 2. The van der Waals surface area contributed by atoms with Gasteiger partial charge in [-0.2, -0.15) is 5.10 Å². The summed E-state index contributed by atoms with van der Waals surface area (Å²) >= 11 is 0. The van der Waals surface area contributed by atoms with E-state index in [9.17, 15) is 14.0 Å². The van der Waals surface area contributed by atoms with Gasteiger partial charge in [0.1, 0.15) is 5.82 Å². The second kappa shape index (κ2) is 7.18. The maximum Gasteiger partial charge on any atom is 0.274 e. The van der Waals surface area contributed by atoms with Crippen molar-refractivity contribution >= 4 is 11.8 Å². The molecule has 3 rings (SSSR count). The molecule has 1 heterocycles. The summed E-state index contributed by atoms with van der Waals surface area (Å²) in [6, 6.07) is 14.3. The SMILES string of the molecule is CN(Cc1cccc(C(N)=O)c1)C(=O)c1ccn(-c2cccc(F)c2)n1. The van der Waals surface area contributed by atoms with E-state index in [4.69, 9.17) is 5.73 Å². The molecule has 0 atom stereocenters. The summed E-state index contributed by atoms with van der Waals surface area (Å²) in [5.74, 6) is -1.18. The fourth-order valence-corrected chi connectivity index (χ4v) is 2.56. The van der Waals surface area contributed by atoms with Crippen LogP contribution in [0, 0.1) is 5.82 Å². The lowest BCUT2D eigenvalue weighted by atomic mass is 10.1. The van der Waals surface area contributed by atoms with Crippen molar-refractivity contribution in [3.05, 3.63) is 83.4 Å². The number of amides is 2. The number of rotatable bonds is 5. The van der Waals surface area contributed by atoms with Crippen LogP contribution < -0.4 is 5.73 Å². The molecule has 3 aromatic rings. The quantitative estimate of drug-likeness (QED) is 0.765. The molecule has 6 nitrogen and oxygen atoms in total. The van der Waals surface area contributed by atoms with Crippen molar-refractivity contribution in [2.24, 2.45) is 5.73 Å². The van der Waals surface area contributed by atoms with Gasteiger partial charge in [-0.15, -0.1) is 0 Å². The first kappa shape index (κ1) is 17.3. The van der Waals surface area contributed by atoms with Gasteiger partial charge in [-0.1, -0.05) is 18.2 Å². The zero-order valence-electron chi connectivity index (χ0n) is 14.1. The highest BCUT2D eigenvalue weighted by molar-refractivity contribution is 5.93. The van der Waals surface area contributed by atoms with Crippen LogP contribution in [0.25, 0.3) is 5.69 Å². The number of carbonyl (C=O) groups is 2. The van der Waals surface area contributed by atoms with Crippen LogP contribution in [-0.4, -0.2) is 33.5 Å². The van der Waals surface area contributed by atoms with Crippen molar-refractivity contribution in [2.75, 3.05) is 7.05 Å². The summed E-state index contributed by atoms with van der Waals surface area (Å²) in [4.78, 5) is 25.3. The Balaban J connectivity index is 1.75. The summed E-state index contributed by atoms with van der Waals surface area (Å²) in [5, 5.41) is 4.21. The molecular formula is C19H17FN4O2. The predicted octanol–water partition coefficient (Wildman–Crippen LogP) is 2.38. The Morgan fingerprint density at radius 1 is 1.15 bits per heavy atom. The largest absolute Gasteiger partial charge is 0.366 e. The second-order valence-electron chi connectivity index (χ2n) is 5.85. The predicted molar refractivity (Wildman–Crippen MR) is 94.3 cm³/mol. The standard InChI is InChI=1S/C19H17FN4O2/c1-23(12-13-4-2-5-14(10-13)18(21)25)19(26)17-8-9-24(22-17)16-7-3-6-15(20)11-16/h2-11H,12H2,1H3,(H2,21,25). The van der Waals surface area contributed by atoms with Crippen LogP contribution in [0.1, 0.15) is 26.4 Å². The zero-order chi connectivity index (χ0) is 18.7. The molecule has 2 aromatic carbocycles. The van der Waals surface area contributed by atoms with Crippen LogP contribution in [0.4, 0.5) is 4.39 Å². The van der Waals surface area contributed by atoms with E-state index in [1.54, 1.807) is 49.6 Å². The molecular weight excluding hydrogens is 335 g/mol. The Bertz CT molecular complexity index is 967. The molecule has 0 unspecified atom stereocenters. The summed E-state index contributed by atoms with van der Waals surface area (Å²) < 4.78 is 14.8. The maximum absolute atomic E-state index is 13.3. The number of nitrogens with two attached hydrogens (primary N) is 1. The van der Waals surface area contributed by atoms with Gasteiger partial charge in [0.25, 0.3) is 5.91 Å². The Morgan fingerprint density at radius 3 is 2.65 bits per heavy atom. The van der Waals surface area contributed by atoms with Gasteiger partial charge < -0.3 is 10.6 Å². The van der Waals surface area contributed by atoms with Gasteiger partial charge in [0.2, 0.25) is 5.91 Å². The van der Waals surface area contributed by atoms with E-state index in [1.807, 2.05) is 6.07 Å². The molecule has 1 aromatic heterocycles. The Labute approximate surface area is 149 Å². The van der Waals surface area contributed by atoms with Crippen LogP contribution in [0.3, 0.4) is 0 Å². The van der Waals surface area contributed by atoms with E-state index in [2.05, 4.69) is 5.10 Å². The van der Waals surface area contributed by atoms with Gasteiger partial charge >= 0.3 is 0 Å². The lowest BCUT2D eigenvalue weighted by Gasteiger charge is -2.16. The summed E-state index contributed by atoms with van der Waals surface area (Å²) in [7, 11) is 1.64. The van der Waals surface area contributed by atoms with Crippen LogP contribution in [0.15, 0.2) is 60.8 Å². The van der Waals surface area contributed by atoms with Crippen molar-refractivity contribution < 1.29 is 14.0 Å². The minimum absolute atomic E-state index is 0.239. The van der Waals surface area contributed by atoms with E-state index in [-0.39, 0.29) is 17.4 Å². The first-order valence-corrected chi connectivity index (χ1v) is 7.90. The van der Waals surface area contributed by atoms with E-state index < -0.39 is 5.91 Å². The molecule has 0 aliphatic rings. The fraction of sp³-hybridized carbons (Fsp3) is 0.105. The highest BCUT2D eigenvalue weighted by Crippen LogP contribution is 2.12. The lowest BCUT2D eigenvalue weighted by Crippen LogP contribution is -2.27. The molecule has 0 bridgehead atoms. The van der Waals surface area contributed by atoms with Crippen LogP contribution in [0.2, 0.25) is 0 Å². The van der Waals surface area contributed by atoms with Gasteiger partial charge in [-0.05, 0) is 42.0 Å². The molecule has 7 heteroatoms. The third-order valence-electron chi connectivity index (χ3n) is 3.86. The fourth-order valence-electron chi connectivity index (χ4n) is 2.56. The molecule has 2 N–H and O–H groups in total. The van der Waals surface area contributed by atoms with E-state index in [0.29, 0.717) is 17.8 Å². The number of hydrogen-bond acceptors (Lipinski definition) is 3. The maximum atomic E-state index is 13.3. The molecule has 0 aliphatic carbocycles. The summed E-state index contributed by atoms with van der Waals surface area (Å²) in [6.07, 6.45) is 1.60. The highest BCUT2D eigenvalue weighted by Gasteiger charge is 2.16. The Hall–Kier alpha value is -3.48. The summed E-state index contributed by atoms with van der Waals surface area (Å²) in [5.41, 5.74) is 7.21. The van der Waals surface area contributed by atoms with Crippen molar-refractivity contribution in [3.8, 4) is 5.69 Å². The van der Waals surface area contributed by atoms with Gasteiger partial charge in [0, 0.05) is 25.4 Å². The first-order chi connectivity index (χ1) is 12.4. The first-order valence-electron chi connectivity index (χ1n) is 7.90. The monoisotopic (exact) mass is 352 g/mol. The lowest BCUT2D eigenvalue weighted by molar-refractivity contribution is 0.0778. The van der Waals surface area contributed by atoms with E-state index in [0.717, 1.165) is 5.56 Å². The van der Waals surface area contributed by atoms with Gasteiger partial charge in [0.15, 0.2) is 5.69 Å². The third kappa shape index (κ3) is 3.77. The van der Waals surface area contributed by atoms with Gasteiger partial charge in [0.05, 0.1) is 5.69 Å². The van der Waals surface area contributed by atoms with E-state index in [1.165, 1.54) is 21.7 Å². The molecule has 132 valence electrons. The van der Waals surface area contributed by atoms with Crippen LogP contribution in [0.5, 0.6) is 0 Å². The highest BCUT2D eigenvalue weighted by atomic mass is 19.1. The van der Waals surface area contributed by atoms with Gasteiger partial charge in [-0.3, -0.25) is 9.59 Å². The Morgan fingerprint density at radius 2 is 1.92 bits per heavy atom. The zero-order valence-corrected chi connectivity index (χ0v) is 14.1. The summed E-state index contributed by atoms with van der Waals surface area (Å²) in [6.45, 7) is 0.298. The molecule has 2 amide bonds. The molecule has 26 heavy (non-hydrogen) atoms. The van der Waals surface area contributed by atoms with Crippen LogP contribution >= 0.6 is 0 Å². The molecule has 0 spiro atoms. The Kier molecular flexibility index (Phi) is 4.79. The van der Waals surface area contributed by atoms with Gasteiger partial charge in [-0.25, -0.2) is 9.07 Å². The molecule has 0 aliphatic heterocycles. The minimum Gasteiger partial charge on any atom is -0.366 e. The van der Waals surface area contributed by atoms with Crippen molar-refractivity contribution in [1.29, 1.82) is 0 Å². The average molecular weight is 352 g/mol. The average Bonchev–Trinajstić information content (AvgIpc) is 3.11. The number of benzene rings is 2. The minimum atomic E-state index is -0.519. The topological polar surface area (TPSA) is 81.2 Å². The third-order valence-corrected chi connectivity index (χ3v) is 3.86. The van der Waals surface area contributed by atoms with Crippen molar-refractivity contribution in [3.63, 3.8) is 0 Å². The number of halogens is 1. The van der Waals surface area contributed by atoms with Crippen LogP contribution in [-0.2, 0) is 6.54 Å². The van der Waals surface area contributed by atoms with Crippen molar-refractivity contribution in [1.82, 2.24) is 14.7 Å².